The predicted octanol–water partition coefficient (Wildman–Crippen LogP) is 3.30. The largest absolute Gasteiger partial charge is 0.462 e. The maximum Gasteiger partial charge on any atom is 0.341 e. The zero-order valence-corrected chi connectivity index (χ0v) is 20.1. The normalized spacial score (nSPS) is 14.5. The molecular weight excluding hydrogens is 460 g/mol. The van der Waals surface area contributed by atoms with Crippen LogP contribution in [0.3, 0.4) is 0 Å². The van der Waals surface area contributed by atoms with E-state index in [0.717, 1.165) is 36.5 Å². The quantitative estimate of drug-likeness (QED) is 0.327. The topological polar surface area (TPSA) is 126 Å². The summed E-state index contributed by atoms with van der Waals surface area (Å²) in [4.78, 5) is 33.1. The van der Waals surface area contributed by atoms with Crippen molar-refractivity contribution in [1.29, 1.82) is 0 Å². The smallest absolute Gasteiger partial charge is 0.341 e. The SMILES string of the molecule is CCOC(=O)c1c(NC(=O)[C@H](C)Sc2n[nH]c(N)n2)sc2c1CCN(Cc1ccccc1)C2. The maximum atomic E-state index is 12.9. The molecule has 3 heterocycles. The molecule has 1 amide bonds. The summed E-state index contributed by atoms with van der Waals surface area (Å²) in [5.74, 6) is -0.446. The van der Waals surface area contributed by atoms with E-state index in [1.165, 1.54) is 28.7 Å². The molecule has 0 spiro atoms. The highest BCUT2D eigenvalue weighted by Gasteiger charge is 2.30. The number of nitrogens with zero attached hydrogens (tertiary/aromatic N) is 3. The molecule has 0 aliphatic carbocycles. The number of hydrogen-bond donors (Lipinski definition) is 3. The number of hydrogen-bond acceptors (Lipinski definition) is 9. The molecule has 0 saturated heterocycles. The Morgan fingerprint density at radius 3 is 2.85 bits per heavy atom. The van der Waals surface area contributed by atoms with Crippen molar-refractivity contribution < 1.29 is 14.3 Å². The fraction of sp³-hybridized carbons (Fsp3) is 0.364. The first-order chi connectivity index (χ1) is 15.9. The van der Waals surface area contributed by atoms with Crippen molar-refractivity contribution in [3.8, 4) is 0 Å². The van der Waals surface area contributed by atoms with E-state index in [4.69, 9.17) is 10.5 Å². The highest BCUT2D eigenvalue weighted by molar-refractivity contribution is 8.00. The van der Waals surface area contributed by atoms with Crippen molar-refractivity contribution in [1.82, 2.24) is 20.1 Å². The molecule has 0 unspecified atom stereocenters. The van der Waals surface area contributed by atoms with Crippen LogP contribution in [0.2, 0.25) is 0 Å². The van der Waals surface area contributed by atoms with E-state index in [1.807, 2.05) is 18.2 Å². The number of carbonyl (C=O) groups excluding carboxylic acids is 2. The Morgan fingerprint density at radius 1 is 1.36 bits per heavy atom. The third-order valence-corrected chi connectivity index (χ3v) is 7.33. The Labute approximate surface area is 200 Å². The molecule has 4 rings (SSSR count). The number of thioether (sulfide) groups is 1. The first-order valence-corrected chi connectivity index (χ1v) is 12.4. The summed E-state index contributed by atoms with van der Waals surface area (Å²) >= 11 is 2.63. The second kappa shape index (κ2) is 10.4. The van der Waals surface area contributed by atoms with Gasteiger partial charge < -0.3 is 15.8 Å². The number of thiophene rings is 1. The fourth-order valence-electron chi connectivity index (χ4n) is 3.68. The molecule has 1 aliphatic heterocycles. The molecule has 1 aromatic carbocycles. The average molecular weight is 487 g/mol. The fourth-order valence-corrected chi connectivity index (χ4v) is 5.69. The summed E-state index contributed by atoms with van der Waals surface area (Å²) in [5.41, 5.74) is 8.25. The summed E-state index contributed by atoms with van der Waals surface area (Å²) < 4.78 is 5.32. The number of esters is 1. The molecule has 11 heteroatoms. The highest BCUT2D eigenvalue weighted by Crippen LogP contribution is 2.38. The molecule has 1 aliphatic rings. The molecule has 2 aromatic heterocycles. The second-order valence-corrected chi connectivity index (χ2v) is 10.0. The molecule has 0 saturated carbocycles. The Balaban J connectivity index is 1.52. The zero-order valence-electron chi connectivity index (χ0n) is 18.5. The van der Waals surface area contributed by atoms with Gasteiger partial charge in [0.05, 0.1) is 17.4 Å². The number of nitrogens with two attached hydrogens (primary N) is 1. The van der Waals surface area contributed by atoms with Gasteiger partial charge in [0.15, 0.2) is 0 Å². The van der Waals surface area contributed by atoms with Crippen LogP contribution < -0.4 is 11.1 Å². The molecule has 1 atom stereocenters. The van der Waals surface area contributed by atoms with Crippen molar-refractivity contribution in [3.05, 3.63) is 51.9 Å². The lowest BCUT2D eigenvalue weighted by molar-refractivity contribution is -0.115. The highest BCUT2D eigenvalue weighted by atomic mass is 32.2. The summed E-state index contributed by atoms with van der Waals surface area (Å²) in [6.45, 7) is 6.19. The molecule has 0 bridgehead atoms. The first-order valence-electron chi connectivity index (χ1n) is 10.7. The van der Waals surface area contributed by atoms with Crippen molar-refractivity contribution in [2.75, 3.05) is 24.2 Å². The molecule has 3 aromatic rings. The number of nitrogens with one attached hydrogen (secondary N) is 2. The van der Waals surface area contributed by atoms with E-state index in [9.17, 15) is 9.59 Å². The minimum Gasteiger partial charge on any atom is -0.462 e. The van der Waals surface area contributed by atoms with E-state index in [1.54, 1.807) is 13.8 Å². The van der Waals surface area contributed by atoms with E-state index in [2.05, 4.69) is 37.5 Å². The Morgan fingerprint density at radius 2 is 2.15 bits per heavy atom. The number of aromatic amines is 1. The molecule has 33 heavy (non-hydrogen) atoms. The Hall–Kier alpha value is -2.89. The van der Waals surface area contributed by atoms with Gasteiger partial charge in [-0.05, 0) is 31.4 Å². The van der Waals surface area contributed by atoms with Crippen molar-refractivity contribution in [2.45, 2.75) is 43.8 Å². The van der Waals surface area contributed by atoms with E-state index >= 15 is 0 Å². The number of rotatable bonds is 8. The molecule has 0 fully saturated rings. The van der Waals surface area contributed by atoms with Crippen LogP contribution in [0.4, 0.5) is 10.9 Å². The van der Waals surface area contributed by atoms with Gasteiger partial charge in [-0.15, -0.1) is 16.4 Å². The maximum absolute atomic E-state index is 12.9. The van der Waals surface area contributed by atoms with Gasteiger partial charge >= 0.3 is 5.97 Å². The number of nitrogen functional groups attached to an aromatic ring is 1. The Kier molecular flexibility index (Phi) is 7.31. The van der Waals surface area contributed by atoms with E-state index in [-0.39, 0.29) is 18.5 Å². The van der Waals surface area contributed by atoms with Crippen LogP contribution in [0.25, 0.3) is 0 Å². The summed E-state index contributed by atoms with van der Waals surface area (Å²) in [7, 11) is 0. The lowest BCUT2D eigenvalue weighted by Gasteiger charge is -2.27. The lowest BCUT2D eigenvalue weighted by atomic mass is 10.0. The summed E-state index contributed by atoms with van der Waals surface area (Å²) in [6, 6.07) is 10.3. The number of H-pyrrole nitrogens is 1. The van der Waals surface area contributed by atoms with Crippen LogP contribution in [0.15, 0.2) is 35.5 Å². The van der Waals surface area contributed by atoms with Crippen molar-refractivity contribution in [2.24, 2.45) is 0 Å². The van der Waals surface area contributed by atoms with E-state index in [0.29, 0.717) is 15.7 Å². The standard InChI is InChI=1S/C22H26N6O3S2/c1-3-31-20(30)17-15-9-10-28(11-14-7-5-4-6-8-14)12-16(15)33-19(17)24-18(29)13(2)32-22-25-21(23)26-27-22/h4-8,13H,3,9-12H2,1-2H3,(H,24,29)(H3,23,25,26,27)/t13-/m0/s1. The van der Waals surface area contributed by atoms with Gasteiger partial charge in [-0.25, -0.2) is 9.89 Å². The minimum absolute atomic E-state index is 0.195. The summed E-state index contributed by atoms with van der Waals surface area (Å²) in [5, 5.41) is 9.90. The monoisotopic (exact) mass is 486 g/mol. The number of aromatic nitrogens is 3. The van der Waals surface area contributed by atoms with Crippen LogP contribution in [0.1, 0.15) is 40.2 Å². The number of fused-ring (bicyclic) bond motifs is 1. The Bertz CT molecular complexity index is 1130. The van der Waals surface area contributed by atoms with Gasteiger partial charge in [0.2, 0.25) is 17.0 Å². The molecule has 4 N–H and O–H groups in total. The molecular formula is C22H26N6O3S2. The van der Waals surface area contributed by atoms with E-state index < -0.39 is 11.2 Å². The average Bonchev–Trinajstić information content (AvgIpc) is 3.36. The van der Waals surface area contributed by atoms with Gasteiger partial charge in [0.1, 0.15) is 5.00 Å². The number of ether oxygens (including phenoxy) is 1. The third kappa shape index (κ3) is 5.55. The van der Waals surface area contributed by atoms with Crippen LogP contribution in [0, 0.1) is 0 Å². The predicted molar refractivity (Wildman–Crippen MR) is 129 cm³/mol. The van der Waals surface area contributed by atoms with Crippen LogP contribution in [-0.2, 0) is 29.0 Å². The van der Waals surface area contributed by atoms with Gasteiger partial charge in [-0.1, -0.05) is 42.1 Å². The number of anilines is 2. The van der Waals surface area contributed by atoms with Crippen LogP contribution in [-0.4, -0.2) is 50.4 Å². The van der Waals surface area contributed by atoms with Crippen molar-refractivity contribution >= 4 is 45.9 Å². The zero-order chi connectivity index (χ0) is 23.4. The number of benzene rings is 1. The molecule has 0 radical (unpaired) electrons. The lowest BCUT2D eigenvalue weighted by Crippen LogP contribution is -2.30. The minimum atomic E-state index is -0.482. The molecule has 9 nitrogen and oxygen atoms in total. The van der Waals surface area contributed by atoms with Crippen LogP contribution in [0.5, 0.6) is 0 Å². The van der Waals surface area contributed by atoms with Gasteiger partial charge in [0, 0.05) is 24.5 Å². The van der Waals surface area contributed by atoms with Crippen molar-refractivity contribution in [3.63, 3.8) is 0 Å². The number of amides is 1. The van der Waals surface area contributed by atoms with Gasteiger partial charge in [-0.3, -0.25) is 9.69 Å². The first kappa shape index (κ1) is 23.3. The van der Waals surface area contributed by atoms with Crippen LogP contribution >= 0.6 is 23.1 Å². The van der Waals surface area contributed by atoms with Gasteiger partial charge in [-0.2, -0.15) is 4.98 Å². The molecule has 174 valence electrons. The third-order valence-electron chi connectivity index (χ3n) is 5.23. The summed E-state index contributed by atoms with van der Waals surface area (Å²) in [6.07, 6.45) is 0.726. The number of carbonyl (C=O) groups is 2. The second-order valence-electron chi connectivity index (χ2n) is 7.63. The van der Waals surface area contributed by atoms with Gasteiger partial charge in [0.25, 0.3) is 0 Å².